The van der Waals surface area contributed by atoms with Crippen molar-refractivity contribution in [1.82, 2.24) is 10.6 Å². The third-order valence-electron chi connectivity index (χ3n) is 18.7. The molecule has 0 saturated heterocycles. The van der Waals surface area contributed by atoms with Crippen molar-refractivity contribution >= 4 is 72.5 Å². The Bertz CT molecular complexity index is 1930. The molecule has 0 spiro atoms. The SMILES string of the molecule is CCCCCCCCCCCCCCCC(=O)OCC(COP(=O)(O)CCNC(=O)CCSSCCC(=O)NCCP(=O)(O)OCC(COC(=O)CCCCCCCCCCCCCCC)OC(=O)CCCCCCCCCCCCCCC)OC(=O)CCCCCCCCCCCCCCC. The van der Waals surface area contributed by atoms with E-state index >= 15 is 0 Å². The van der Waals surface area contributed by atoms with Crippen LogP contribution in [0.2, 0.25) is 0 Å². The largest absolute Gasteiger partial charge is 0.462 e. The van der Waals surface area contributed by atoms with Crippen LogP contribution in [-0.2, 0) is 65.9 Å². The van der Waals surface area contributed by atoms with Crippen LogP contribution in [0, 0.1) is 0 Å². The Morgan fingerprint density at radius 3 is 0.725 bits per heavy atom. The number of hydrogen-bond donors (Lipinski definition) is 4. The Morgan fingerprint density at radius 1 is 0.294 bits per heavy atom. The fraction of sp³-hybridized carbons (Fsp3) is 0.925. The van der Waals surface area contributed by atoms with Gasteiger partial charge in [-0.1, -0.05) is 357 Å². The van der Waals surface area contributed by atoms with Crippen molar-refractivity contribution in [3.63, 3.8) is 0 Å². The highest BCUT2D eigenvalue weighted by Gasteiger charge is 2.27. The predicted molar refractivity (Wildman–Crippen MR) is 424 cm³/mol. The van der Waals surface area contributed by atoms with Crippen LogP contribution in [0.3, 0.4) is 0 Å². The number of carbonyl (C=O) groups excluding carboxylic acids is 6. The lowest BCUT2D eigenvalue weighted by atomic mass is 10.0. The van der Waals surface area contributed by atoms with Gasteiger partial charge in [-0.25, -0.2) is 0 Å². The molecule has 0 bridgehead atoms. The van der Waals surface area contributed by atoms with Crippen molar-refractivity contribution in [1.29, 1.82) is 0 Å². The zero-order valence-corrected chi connectivity index (χ0v) is 69.0. The molecule has 2 amide bonds. The van der Waals surface area contributed by atoms with Crippen molar-refractivity contribution in [2.75, 3.05) is 63.3 Å². The van der Waals surface area contributed by atoms with Gasteiger partial charge in [0.05, 0.1) is 25.5 Å². The van der Waals surface area contributed by atoms with Crippen LogP contribution in [0.5, 0.6) is 0 Å². The van der Waals surface area contributed by atoms with E-state index in [4.69, 9.17) is 28.0 Å². The van der Waals surface area contributed by atoms with Gasteiger partial charge in [-0.05, 0) is 25.7 Å². The average molecular weight is 1530 g/mol. The van der Waals surface area contributed by atoms with Gasteiger partial charge in [-0.15, -0.1) is 0 Å². The molecule has 602 valence electrons. The standard InChI is InChI=1S/C80H154N2O16P2S2/c1-5-9-13-17-21-25-29-33-37-41-45-49-53-57-77(85)93-69-73(97-79(87)59-55-51-47-43-39-35-31-27-23-19-15-11-7-3)71-95-99(89,90)65-63-81-75(83)61-67-101-102-68-62-76(84)82-64-66-100(91,92)96-72-74(98-80(88)60-56-52-48-44-40-36-32-28-24-20-16-12-8-4)70-94-78(86)58-54-50-46-42-38-34-30-26-22-18-14-10-6-2/h73-74H,5-72H2,1-4H3,(H,81,83)(H,82,84)(H,89,90)(H,91,92). The quantitative estimate of drug-likeness (QED) is 0.0145. The maximum atomic E-state index is 13.1. The number of unbranched alkanes of at least 4 members (excludes halogenated alkanes) is 48. The topological polar surface area (TPSA) is 256 Å². The summed E-state index contributed by atoms with van der Waals surface area (Å²) in [5.41, 5.74) is 0. The van der Waals surface area contributed by atoms with E-state index in [-0.39, 0.29) is 76.6 Å². The fourth-order valence-corrected chi connectivity index (χ4v) is 16.0. The van der Waals surface area contributed by atoms with Crippen LogP contribution in [0.4, 0.5) is 0 Å². The van der Waals surface area contributed by atoms with Crippen LogP contribution >= 0.6 is 36.8 Å². The molecule has 0 aromatic rings. The van der Waals surface area contributed by atoms with E-state index < -0.39 is 76.8 Å². The summed E-state index contributed by atoms with van der Waals surface area (Å²) in [6, 6.07) is 0. The lowest BCUT2D eigenvalue weighted by molar-refractivity contribution is -0.161. The zero-order valence-electron chi connectivity index (χ0n) is 65.6. The second kappa shape index (κ2) is 75.6. The first-order valence-corrected chi connectivity index (χ1v) is 48.0. The molecule has 18 nitrogen and oxygen atoms in total. The third kappa shape index (κ3) is 74.7. The smallest absolute Gasteiger partial charge is 0.330 e. The van der Waals surface area contributed by atoms with E-state index in [9.17, 15) is 47.7 Å². The lowest BCUT2D eigenvalue weighted by Crippen LogP contribution is -2.30. The number of hydrogen-bond acceptors (Lipinski definition) is 16. The third-order valence-corrected chi connectivity index (χ3v) is 23.8. The molecule has 4 N–H and O–H groups in total. The zero-order chi connectivity index (χ0) is 74.8. The van der Waals surface area contributed by atoms with Crippen LogP contribution in [-0.4, -0.2) is 121 Å². The molecule has 0 aliphatic heterocycles. The minimum Gasteiger partial charge on any atom is -0.462 e. The minimum absolute atomic E-state index is 0.107. The molecule has 0 rings (SSSR count). The maximum Gasteiger partial charge on any atom is 0.330 e. The van der Waals surface area contributed by atoms with Gasteiger partial charge in [0.25, 0.3) is 0 Å². The number of rotatable bonds is 81. The highest BCUT2D eigenvalue weighted by atomic mass is 33.1. The van der Waals surface area contributed by atoms with Crippen LogP contribution in [0.1, 0.15) is 400 Å². The van der Waals surface area contributed by atoms with Crippen molar-refractivity contribution in [2.24, 2.45) is 0 Å². The first-order valence-electron chi connectivity index (χ1n) is 42.0. The van der Waals surface area contributed by atoms with E-state index in [0.29, 0.717) is 37.2 Å². The minimum atomic E-state index is -4.26. The summed E-state index contributed by atoms with van der Waals surface area (Å²) in [7, 11) is -5.76. The molecule has 22 heteroatoms. The summed E-state index contributed by atoms with van der Waals surface area (Å²) >= 11 is 0. The first-order chi connectivity index (χ1) is 49.6. The van der Waals surface area contributed by atoms with Crippen LogP contribution < -0.4 is 10.6 Å². The highest BCUT2D eigenvalue weighted by molar-refractivity contribution is 8.76. The van der Waals surface area contributed by atoms with Gasteiger partial charge in [0, 0.05) is 63.1 Å². The van der Waals surface area contributed by atoms with Gasteiger partial charge in [-0.2, -0.15) is 0 Å². The Morgan fingerprint density at radius 2 is 0.500 bits per heavy atom. The Labute approximate surface area is 630 Å². The van der Waals surface area contributed by atoms with E-state index in [1.807, 2.05) is 0 Å². The lowest BCUT2D eigenvalue weighted by Gasteiger charge is -2.20. The monoisotopic (exact) mass is 1530 g/mol. The van der Waals surface area contributed by atoms with Crippen LogP contribution in [0.15, 0.2) is 0 Å². The molecule has 0 radical (unpaired) electrons. The van der Waals surface area contributed by atoms with E-state index in [1.165, 1.54) is 253 Å². The summed E-state index contributed by atoms with van der Waals surface area (Å²) in [4.78, 5) is 98.2. The molecule has 0 aromatic heterocycles. The molecule has 0 aliphatic carbocycles. The Balaban J connectivity index is 4.89. The number of amides is 2. The van der Waals surface area contributed by atoms with Gasteiger partial charge in [0.1, 0.15) is 13.2 Å². The Hall–Kier alpha value is -2.18. The second-order valence-corrected chi connectivity index (χ2v) is 35.4. The molecule has 0 aromatic carbocycles. The number of esters is 4. The predicted octanol–water partition coefficient (Wildman–Crippen LogP) is 22.6. The first kappa shape index (κ1) is 99.8. The number of nitrogens with one attached hydrogen (secondary N) is 2. The summed E-state index contributed by atoms with van der Waals surface area (Å²) in [5.74, 6) is -1.71. The van der Waals surface area contributed by atoms with Gasteiger partial charge in [0.15, 0.2) is 12.2 Å². The van der Waals surface area contributed by atoms with E-state index in [2.05, 4.69) is 38.3 Å². The molecule has 0 aliphatic rings. The summed E-state index contributed by atoms with van der Waals surface area (Å²) in [6.07, 6.45) is 59.5. The van der Waals surface area contributed by atoms with Crippen molar-refractivity contribution in [3.05, 3.63) is 0 Å². The molecular formula is C80H154N2O16P2S2. The average Bonchev–Trinajstić information content (AvgIpc) is 1.00. The van der Waals surface area contributed by atoms with Gasteiger partial charge in [-0.3, -0.25) is 37.9 Å². The second-order valence-electron chi connectivity index (χ2n) is 28.7. The molecule has 4 atom stereocenters. The molecular weight excluding hydrogens is 1370 g/mol. The number of carbonyl (C=O) groups is 6. The van der Waals surface area contributed by atoms with Crippen molar-refractivity contribution in [2.45, 2.75) is 412 Å². The van der Waals surface area contributed by atoms with Crippen molar-refractivity contribution < 1.29 is 75.7 Å². The van der Waals surface area contributed by atoms with Crippen molar-refractivity contribution in [3.8, 4) is 0 Å². The summed E-state index contributed by atoms with van der Waals surface area (Å²) in [6.45, 7) is 7.15. The number of ether oxygens (including phenoxy) is 4. The molecule has 4 unspecified atom stereocenters. The molecule has 0 saturated carbocycles. The highest BCUT2D eigenvalue weighted by Crippen LogP contribution is 2.42. The molecule has 0 heterocycles. The van der Waals surface area contributed by atoms with E-state index in [0.717, 1.165) is 77.0 Å². The summed E-state index contributed by atoms with van der Waals surface area (Å²) < 4.78 is 59.3. The molecule has 102 heavy (non-hydrogen) atoms. The Kier molecular flexibility index (Phi) is 74.0. The van der Waals surface area contributed by atoms with Gasteiger partial charge < -0.3 is 48.4 Å². The maximum absolute atomic E-state index is 13.1. The van der Waals surface area contributed by atoms with Gasteiger partial charge in [0.2, 0.25) is 11.8 Å². The van der Waals surface area contributed by atoms with Gasteiger partial charge >= 0.3 is 39.1 Å². The fourth-order valence-electron chi connectivity index (χ4n) is 12.2. The van der Waals surface area contributed by atoms with E-state index in [1.54, 1.807) is 0 Å². The van der Waals surface area contributed by atoms with Crippen LogP contribution in [0.25, 0.3) is 0 Å². The summed E-state index contributed by atoms with van der Waals surface area (Å²) in [5, 5.41) is 5.28. The normalized spacial score (nSPS) is 13.3. The molecule has 0 fully saturated rings.